The standard InChI is InChI=1S/C14H22F3N3/c1-13(2,3)20-8-4-7-18-10-12-6-5-11(9-19-12)14(15,16)17/h5-6,9,18,20H,4,7-8,10H2,1-3H3. The van der Waals surface area contributed by atoms with Crippen LogP contribution in [0.1, 0.15) is 38.4 Å². The van der Waals surface area contributed by atoms with Crippen LogP contribution in [-0.4, -0.2) is 23.6 Å². The molecule has 1 aromatic rings. The van der Waals surface area contributed by atoms with Gasteiger partial charge in [0.25, 0.3) is 0 Å². The molecule has 2 N–H and O–H groups in total. The Morgan fingerprint density at radius 1 is 1.10 bits per heavy atom. The fourth-order valence-corrected chi connectivity index (χ4v) is 1.59. The Kier molecular flexibility index (Phi) is 5.95. The Labute approximate surface area is 118 Å². The lowest BCUT2D eigenvalue weighted by atomic mass is 10.1. The van der Waals surface area contributed by atoms with Gasteiger partial charge in [-0.3, -0.25) is 4.98 Å². The summed E-state index contributed by atoms with van der Waals surface area (Å²) in [5, 5.41) is 6.53. The van der Waals surface area contributed by atoms with E-state index in [0.29, 0.717) is 12.2 Å². The smallest absolute Gasteiger partial charge is 0.312 e. The van der Waals surface area contributed by atoms with E-state index in [0.717, 1.165) is 31.8 Å². The summed E-state index contributed by atoms with van der Waals surface area (Å²) < 4.78 is 37.0. The molecule has 0 amide bonds. The molecular weight excluding hydrogens is 267 g/mol. The van der Waals surface area contributed by atoms with Crippen LogP contribution in [-0.2, 0) is 12.7 Å². The molecule has 0 saturated carbocycles. The fraction of sp³-hybridized carbons (Fsp3) is 0.643. The van der Waals surface area contributed by atoms with Gasteiger partial charge in [-0.1, -0.05) is 0 Å². The van der Waals surface area contributed by atoms with Crippen molar-refractivity contribution >= 4 is 0 Å². The van der Waals surface area contributed by atoms with Gasteiger partial charge in [0, 0.05) is 18.3 Å². The summed E-state index contributed by atoms with van der Waals surface area (Å²) in [5.41, 5.74) is 0.00651. The molecule has 20 heavy (non-hydrogen) atoms. The first-order valence-electron chi connectivity index (χ1n) is 6.66. The van der Waals surface area contributed by atoms with Gasteiger partial charge >= 0.3 is 6.18 Å². The van der Waals surface area contributed by atoms with Gasteiger partial charge < -0.3 is 10.6 Å². The first-order valence-corrected chi connectivity index (χ1v) is 6.66. The number of aromatic nitrogens is 1. The molecule has 0 spiro atoms. The summed E-state index contributed by atoms with van der Waals surface area (Å²) in [5.74, 6) is 0. The molecule has 0 atom stereocenters. The largest absolute Gasteiger partial charge is 0.417 e. The van der Waals surface area contributed by atoms with Crippen molar-refractivity contribution in [3.05, 3.63) is 29.6 Å². The molecule has 0 saturated heterocycles. The van der Waals surface area contributed by atoms with Crippen LogP contribution in [0.5, 0.6) is 0 Å². The van der Waals surface area contributed by atoms with Crippen molar-refractivity contribution in [2.45, 2.75) is 45.5 Å². The summed E-state index contributed by atoms with van der Waals surface area (Å²) in [6.45, 7) is 8.49. The zero-order valence-electron chi connectivity index (χ0n) is 12.1. The summed E-state index contributed by atoms with van der Waals surface area (Å²) >= 11 is 0. The predicted molar refractivity (Wildman–Crippen MR) is 73.3 cm³/mol. The van der Waals surface area contributed by atoms with Crippen LogP contribution >= 0.6 is 0 Å². The number of pyridine rings is 1. The number of halogens is 3. The van der Waals surface area contributed by atoms with Gasteiger partial charge in [-0.05, 0) is 52.4 Å². The van der Waals surface area contributed by atoms with Gasteiger partial charge in [0.15, 0.2) is 0 Å². The number of hydrogen-bond donors (Lipinski definition) is 2. The van der Waals surface area contributed by atoms with Gasteiger partial charge in [0.05, 0.1) is 11.3 Å². The summed E-state index contributed by atoms with van der Waals surface area (Å²) in [6.07, 6.45) is -2.49. The molecule has 3 nitrogen and oxygen atoms in total. The van der Waals surface area contributed by atoms with Crippen LogP contribution in [0.25, 0.3) is 0 Å². The topological polar surface area (TPSA) is 37.0 Å². The third-order valence-corrected chi connectivity index (χ3v) is 2.64. The quantitative estimate of drug-likeness (QED) is 0.791. The molecular formula is C14H22F3N3. The molecule has 1 aromatic heterocycles. The van der Waals surface area contributed by atoms with Gasteiger partial charge in [0.2, 0.25) is 0 Å². The number of rotatable bonds is 6. The molecule has 0 aromatic carbocycles. The Bertz CT molecular complexity index is 394. The molecule has 0 aliphatic carbocycles. The predicted octanol–water partition coefficient (Wildman–Crippen LogP) is 2.97. The van der Waals surface area contributed by atoms with E-state index in [-0.39, 0.29) is 5.54 Å². The zero-order chi connectivity index (χ0) is 15.2. The SMILES string of the molecule is CC(C)(C)NCCCNCc1ccc(C(F)(F)F)cn1. The third-order valence-electron chi connectivity index (χ3n) is 2.64. The van der Waals surface area contributed by atoms with Crippen LogP contribution in [0.3, 0.4) is 0 Å². The molecule has 0 bridgehead atoms. The summed E-state index contributed by atoms with van der Waals surface area (Å²) in [6, 6.07) is 2.47. The number of nitrogens with one attached hydrogen (secondary N) is 2. The third kappa shape index (κ3) is 6.86. The highest BCUT2D eigenvalue weighted by Crippen LogP contribution is 2.28. The molecule has 0 aliphatic rings. The van der Waals surface area contributed by atoms with E-state index in [9.17, 15) is 13.2 Å². The minimum Gasteiger partial charge on any atom is -0.312 e. The number of alkyl halides is 3. The fourth-order valence-electron chi connectivity index (χ4n) is 1.59. The Hall–Kier alpha value is -1.14. The lowest BCUT2D eigenvalue weighted by Gasteiger charge is -2.20. The normalized spacial score (nSPS) is 12.7. The lowest BCUT2D eigenvalue weighted by Crippen LogP contribution is -2.37. The van der Waals surface area contributed by atoms with Crippen molar-refractivity contribution in [1.82, 2.24) is 15.6 Å². The maximum Gasteiger partial charge on any atom is 0.417 e. The van der Waals surface area contributed by atoms with E-state index in [2.05, 4.69) is 36.4 Å². The first-order chi connectivity index (χ1) is 9.18. The second kappa shape index (κ2) is 7.04. The Morgan fingerprint density at radius 2 is 1.80 bits per heavy atom. The van der Waals surface area contributed by atoms with E-state index >= 15 is 0 Å². The average Bonchev–Trinajstić information content (AvgIpc) is 2.32. The van der Waals surface area contributed by atoms with Crippen molar-refractivity contribution < 1.29 is 13.2 Å². The van der Waals surface area contributed by atoms with Crippen molar-refractivity contribution in [2.75, 3.05) is 13.1 Å². The molecule has 0 fully saturated rings. The molecule has 0 radical (unpaired) electrons. The number of hydrogen-bond acceptors (Lipinski definition) is 3. The second-order valence-electron chi connectivity index (χ2n) is 5.74. The zero-order valence-corrected chi connectivity index (χ0v) is 12.1. The molecule has 0 unspecified atom stereocenters. The Balaban J connectivity index is 2.23. The minimum atomic E-state index is -4.32. The monoisotopic (exact) mass is 289 g/mol. The van der Waals surface area contributed by atoms with E-state index in [1.54, 1.807) is 0 Å². The van der Waals surface area contributed by atoms with Crippen LogP contribution in [0.15, 0.2) is 18.3 Å². The molecule has 6 heteroatoms. The maximum atomic E-state index is 12.3. The highest BCUT2D eigenvalue weighted by atomic mass is 19.4. The van der Waals surface area contributed by atoms with Crippen LogP contribution in [0.4, 0.5) is 13.2 Å². The van der Waals surface area contributed by atoms with Gasteiger partial charge in [-0.2, -0.15) is 13.2 Å². The summed E-state index contributed by atoms with van der Waals surface area (Å²) in [4.78, 5) is 3.80. The Morgan fingerprint density at radius 3 is 2.30 bits per heavy atom. The maximum absolute atomic E-state index is 12.3. The molecule has 1 heterocycles. The van der Waals surface area contributed by atoms with Crippen LogP contribution in [0, 0.1) is 0 Å². The molecule has 0 aliphatic heterocycles. The van der Waals surface area contributed by atoms with E-state index < -0.39 is 11.7 Å². The molecule has 1 rings (SSSR count). The number of nitrogens with zero attached hydrogens (tertiary/aromatic N) is 1. The first kappa shape index (κ1) is 16.9. The van der Waals surface area contributed by atoms with Crippen molar-refractivity contribution in [2.24, 2.45) is 0 Å². The van der Waals surface area contributed by atoms with Crippen molar-refractivity contribution in [3.8, 4) is 0 Å². The average molecular weight is 289 g/mol. The van der Waals surface area contributed by atoms with Gasteiger partial charge in [0.1, 0.15) is 0 Å². The minimum absolute atomic E-state index is 0.106. The van der Waals surface area contributed by atoms with Gasteiger partial charge in [-0.25, -0.2) is 0 Å². The summed E-state index contributed by atoms with van der Waals surface area (Å²) in [7, 11) is 0. The van der Waals surface area contributed by atoms with Crippen LogP contribution < -0.4 is 10.6 Å². The second-order valence-corrected chi connectivity index (χ2v) is 5.74. The van der Waals surface area contributed by atoms with Crippen molar-refractivity contribution in [1.29, 1.82) is 0 Å². The van der Waals surface area contributed by atoms with E-state index in [4.69, 9.17) is 0 Å². The van der Waals surface area contributed by atoms with Crippen molar-refractivity contribution in [3.63, 3.8) is 0 Å². The van der Waals surface area contributed by atoms with Gasteiger partial charge in [-0.15, -0.1) is 0 Å². The lowest BCUT2D eigenvalue weighted by molar-refractivity contribution is -0.137. The highest BCUT2D eigenvalue weighted by molar-refractivity contribution is 5.16. The van der Waals surface area contributed by atoms with E-state index in [1.165, 1.54) is 6.07 Å². The molecule has 114 valence electrons. The highest BCUT2D eigenvalue weighted by Gasteiger charge is 2.30. The van der Waals surface area contributed by atoms with E-state index in [1.807, 2.05) is 0 Å². The van der Waals surface area contributed by atoms with Crippen LogP contribution in [0.2, 0.25) is 0 Å².